The second kappa shape index (κ2) is 6.27. The van der Waals surface area contributed by atoms with E-state index in [4.69, 9.17) is 16.7 Å². The Balaban J connectivity index is 1.90. The van der Waals surface area contributed by atoms with E-state index >= 15 is 0 Å². The van der Waals surface area contributed by atoms with Gasteiger partial charge < -0.3 is 10.4 Å². The van der Waals surface area contributed by atoms with Gasteiger partial charge in [0.2, 0.25) is 5.91 Å². The lowest BCUT2D eigenvalue weighted by Crippen LogP contribution is -2.29. The second-order valence-electron chi connectivity index (χ2n) is 5.29. The summed E-state index contributed by atoms with van der Waals surface area (Å²) in [5.74, 6) is -1.42. The van der Waals surface area contributed by atoms with E-state index in [-0.39, 0.29) is 17.7 Å². The van der Waals surface area contributed by atoms with Crippen LogP contribution in [0.4, 0.5) is 0 Å². The van der Waals surface area contributed by atoms with Crippen LogP contribution in [0.2, 0.25) is 5.02 Å². The van der Waals surface area contributed by atoms with Gasteiger partial charge in [0.1, 0.15) is 0 Å². The molecule has 4 nitrogen and oxygen atoms in total. The van der Waals surface area contributed by atoms with E-state index in [1.54, 1.807) is 0 Å². The van der Waals surface area contributed by atoms with Crippen molar-refractivity contribution < 1.29 is 14.7 Å². The maximum Gasteiger partial charge on any atom is 0.306 e. The molecule has 0 aliphatic heterocycles. The van der Waals surface area contributed by atoms with E-state index in [2.05, 4.69) is 5.32 Å². The Labute approximate surface area is 123 Å². The summed E-state index contributed by atoms with van der Waals surface area (Å²) in [7, 11) is 0. The number of carbonyl (C=O) groups is 2. The van der Waals surface area contributed by atoms with Crippen LogP contribution in [0.5, 0.6) is 0 Å². The van der Waals surface area contributed by atoms with Crippen molar-refractivity contribution in [3.8, 4) is 0 Å². The van der Waals surface area contributed by atoms with Crippen molar-refractivity contribution in [3.63, 3.8) is 0 Å². The van der Waals surface area contributed by atoms with E-state index in [0.717, 1.165) is 11.1 Å². The van der Waals surface area contributed by atoms with Gasteiger partial charge in [-0.25, -0.2) is 0 Å². The smallest absolute Gasteiger partial charge is 0.306 e. The van der Waals surface area contributed by atoms with Gasteiger partial charge in [0.05, 0.1) is 5.92 Å². The molecule has 0 saturated heterocycles. The minimum atomic E-state index is -0.800. The topological polar surface area (TPSA) is 66.4 Å². The number of carboxylic acids is 1. The number of amides is 1. The molecule has 2 N–H and O–H groups in total. The highest BCUT2D eigenvalue weighted by atomic mass is 35.5. The van der Waals surface area contributed by atoms with Crippen LogP contribution in [0.1, 0.15) is 30.4 Å². The third kappa shape index (κ3) is 3.31. The lowest BCUT2D eigenvalue weighted by Gasteiger charge is -2.12. The summed E-state index contributed by atoms with van der Waals surface area (Å²) in [4.78, 5) is 22.9. The van der Waals surface area contributed by atoms with Crippen LogP contribution in [0, 0.1) is 18.8 Å². The molecule has 0 radical (unpaired) electrons. The highest BCUT2D eigenvalue weighted by Gasteiger charge is 2.33. The van der Waals surface area contributed by atoms with Crippen molar-refractivity contribution in [3.05, 3.63) is 34.3 Å². The molecule has 1 aliphatic rings. The number of carboxylic acid groups (broad SMARTS) is 1. The average molecular weight is 296 g/mol. The Morgan fingerprint density at radius 2 is 2.05 bits per heavy atom. The fraction of sp³-hybridized carbons (Fsp3) is 0.467. The van der Waals surface area contributed by atoms with E-state index in [1.165, 1.54) is 0 Å². The molecule has 2 rings (SSSR count). The normalized spacial score (nSPS) is 21.7. The van der Waals surface area contributed by atoms with Crippen LogP contribution in [-0.4, -0.2) is 17.0 Å². The van der Waals surface area contributed by atoms with Crippen molar-refractivity contribution in [2.24, 2.45) is 11.8 Å². The van der Waals surface area contributed by atoms with Gasteiger partial charge in [0.15, 0.2) is 0 Å². The highest BCUT2D eigenvalue weighted by molar-refractivity contribution is 6.31. The molecule has 1 aromatic rings. The van der Waals surface area contributed by atoms with Gasteiger partial charge in [-0.2, -0.15) is 0 Å². The van der Waals surface area contributed by atoms with Gasteiger partial charge in [0, 0.05) is 17.5 Å². The molecular formula is C15H18ClNO3. The molecule has 0 unspecified atom stereocenters. The third-order valence-electron chi connectivity index (χ3n) is 3.99. The summed E-state index contributed by atoms with van der Waals surface area (Å²) in [6.07, 6.45) is 1.68. The molecule has 1 saturated carbocycles. The first-order valence-corrected chi connectivity index (χ1v) is 7.11. The molecule has 0 spiro atoms. The van der Waals surface area contributed by atoms with Crippen molar-refractivity contribution in [1.82, 2.24) is 5.32 Å². The predicted molar refractivity (Wildman–Crippen MR) is 76.5 cm³/mol. The third-order valence-corrected chi connectivity index (χ3v) is 4.40. The molecule has 0 bridgehead atoms. The number of benzene rings is 1. The number of rotatable bonds is 4. The van der Waals surface area contributed by atoms with Gasteiger partial charge in [-0.1, -0.05) is 23.7 Å². The SMILES string of the molecule is Cc1c(Cl)cccc1CNC(=O)[C@H]1CC[C@@H](C(=O)O)C1. The highest BCUT2D eigenvalue weighted by Crippen LogP contribution is 2.31. The summed E-state index contributed by atoms with van der Waals surface area (Å²) in [6.45, 7) is 2.35. The molecule has 108 valence electrons. The summed E-state index contributed by atoms with van der Waals surface area (Å²) >= 11 is 6.03. The number of nitrogens with one attached hydrogen (secondary N) is 1. The maximum atomic E-state index is 12.0. The van der Waals surface area contributed by atoms with Crippen molar-refractivity contribution >= 4 is 23.5 Å². The monoisotopic (exact) mass is 295 g/mol. The number of aliphatic carboxylic acids is 1. The second-order valence-corrected chi connectivity index (χ2v) is 5.69. The molecule has 1 aromatic carbocycles. The van der Waals surface area contributed by atoms with Crippen LogP contribution in [0.15, 0.2) is 18.2 Å². The number of hydrogen-bond donors (Lipinski definition) is 2. The van der Waals surface area contributed by atoms with E-state index in [1.807, 2.05) is 25.1 Å². The Kier molecular flexibility index (Phi) is 4.65. The van der Waals surface area contributed by atoms with Crippen LogP contribution in [-0.2, 0) is 16.1 Å². The molecular weight excluding hydrogens is 278 g/mol. The zero-order chi connectivity index (χ0) is 14.7. The van der Waals surface area contributed by atoms with Crippen molar-refractivity contribution in [2.45, 2.75) is 32.7 Å². The van der Waals surface area contributed by atoms with E-state index in [0.29, 0.717) is 30.8 Å². The first kappa shape index (κ1) is 14.9. The summed E-state index contributed by atoms with van der Waals surface area (Å²) < 4.78 is 0. The summed E-state index contributed by atoms with van der Waals surface area (Å²) in [5, 5.41) is 12.5. The van der Waals surface area contributed by atoms with Crippen LogP contribution < -0.4 is 5.32 Å². The molecule has 2 atom stereocenters. The van der Waals surface area contributed by atoms with E-state index < -0.39 is 5.97 Å². The largest absolute Gasteiger partial charge is 0.481 e. The van der Waals surface area contributed by atoms with Gasteiger partial charge in [-0.05, 0) is 43.4 Å². The lowest BCUT2D eigenvalue weighted by molar-refractivity contribution is -0.141. The Hall–Kier alpha value is -1.55. The fourth-order valence-corrected chi connectivity index (χ4v) is 2.81. The minimum absolute atomic E-state index is 0.0619. The number of carbonyl (C=O) groups excluding carboxylic acids is 1. The zero-order valence-electron chi connectivity index (χ0n) is 11.4. The molecule has 20 heavy (non-hydrogen) atoms. The van der Waals surface area contributed by atoms with Gasteiger partial charge in [0.25, 0.3) is 0 Å². The van der Waals surface area contributed by atoms with Gasteiger partial charge in [-0.3, -0.25) is 9.59 Å². The van der Waals surface area contributed by atoms with Crippen LogP contribution in [0.25, 0.3) is 0 Å². The van der Waals surface area contributed by atoms with Crippen LogP contribution >= 0.6 is 11.6 Å². The Morgan fingerprint density at radius 1 is 1.35 bits per heavy atom. The van der Waals surface area contributed by atoms with E-state index in [9.17, 15) is 9.59 Å². The Bertz CT molecular complexity index is 530. The molecule has 5 heteroatoms. The predicted octanol–water partition coefficient (Wildman–Crippen LogP) is 2.77. The standard InChI is InChI=1S/C15H18ClNO3/c1-9-12(3-2-4-13(9)16)8-17-14(18)10-5-6-11(7-10)15(19)20/h2-4,10-11H,5-8H2,1H3,(H,17,18)(H,19,20)/t10-,11+/m0/s1. The fourth-order valence-electron chi connectivity index (χ4n) is 2.61. The minimum Gasteiger partial charge on any atom is -0.481 e. The average Bonchev–Trinajstić information content (AvgIpc) is 2.90. The summed E-state index contributed by atoms with van der Waals surface area (Å²) in [6, 6.07) is 5.60. The van der Waals surface area contributed by atoms with Gasteiger partial charge in [-0.15, -0.1) is 0 Å². The van der Waals surface area contributed by atoms with Crippen molar-refractivity contribution in [2.75, 3.05) is 0 Å². The van der Waals surface area contributed by atoms with Crippen LogP contribution in [0.3, 0.4) is 0 Å². The molecule has 1 aliphatic carbocycles. The summed E-state index contributed by atoms with van der Waals surface area (Å²) in [5.41, 5.74) is 1.95. The molecule has 1 fully saturated rings. The molecule has 1 amide bonds. The molecule has 0 aromatic heterocycles. The number of hydrogen-bond acceptors (Lipinski definition) is 2. The maximum absolute atomic E-state index is 12.0. The van der Waals surface area contributed by atoms with Gasteiger partial charge >= 0.3 is 5.97 Å². The first-order chi connectivity index (χ1) is 9.49. The number of halogens is 1. The lowest BCUT2D eigenvalue weighted by atomic mass is 10.0. The molecule has 0 heterocycles. The zero-order valence-corrected chi connectivity index (χ0v) is 12.1. The first-order valence-electron chi connectivity index (χ1n) is 6.73. The van der Waals surface area contributed by atoms with Crippen molar-refractivity contribution in [1.29, 1.82) is 0 Å². The Morgan fingerprint density at radius 3 is 2.70 bits per heavy atom. The quantitative estimate of drug-likeness (QED) is 0.897.